The minimum absolute atomic E-state index is 0.194. The first kappa shape index (κ1) is 16.4. The monoisotopic (exact) mass is 359 g/mol. The van der Waals surface area contributed by atoms with E-state index in [0.717, 1.165) is 22.2 Å². The molecule has 0 unspecified atom stereocenters. The maximum absolute atomic E-state index is 12.4. The maximum atomic E-state index is 12.4. The number of amides is 1. The van der Waals surface area contributed by atoms with Gasteiger partial charge in [-0.1, -0.05) is 0 Å². The largest absolute Gasteiger partial charge is 0.477 e. The lowest BCUT2D eigenvalue weighted by atomic mass is 10.1. The van der Waals surface area contributed by atoms with Crippen molar-refractivity contribution in [2.24, 2.45) is 0 Å². The lowest BCUT2D eigenvalue weighted by Crippen LogP contribution is -2.13. The first-order valence-corrected chi connectivity index (χ1v) is 7.99. The minimum Gasteiger partial charge on any atom is -0.477 e. The molecule has 0 saturated heterocycles. The number of rotatable bonds is 4. The number of aromatic amines is 1. The number of carboxylic acid groups (broad SMARTS) is 1. The Hall–Kier alpha value is -4.07. The molecular formula is C19H13N5O3. The van der Waals surface area contributed by atoms with Crippen molar-refractivity contribution in [2.45, 2.75) is 0 Å². The molecule has 4 rings (SSSR count). The number of nitrogens with zero attached hydrogens (tertiary/aromatic N) is 3. The third-order valence-electron chi connectivity index (χ3n) is 3.97. The van der Waals surface area contributed by atoms with E-state index in [1.54, 1.807) is 18.5 Å². The fourth-order valence-corrected chi connectivity index (χ4v) is 2.66. The van der Waals surface area contributed by atoms with Gasteiger partial charge < -0.3 is 15.4 Å². The van der Waals surface area contributed by atoms with Gasteiger partial charge >= 0.3 is 5.97 Å². The molecule has 1 amide bonds. The van der Waals surface area contributed by atoms with Crippen LogP contribution in [-0.2, 0) is 0 Å². The Morgan fingerprint density at radius 3 is 2.70 bits per heavy atom. The molecule has 0 bridgehead atoms. The standard InChI is InChI=1S/C19H13N5O3/c25-18(12-2-3-21-16(7-12)19(26)27)24-15-6-14(8-20-10-15)13-5-11-1-4-22-17(11)23-9-13/h1-10H,(H,22,23)(H,24,25)(H,26,27). The van der Waals surface area contributed by atoms with Gasteiger partial charge in [0.1, 0.15) is 11.3 Å². The molecule has 3 N–H and O–H groups in total. The van der Waals surface area contributed by atoms with Gasteiger partial charge in [-0.25, -0.2) is 14.8 Å². The van der Waals surface area contributed by atoms with Crippen molar-refractivity contribution in [3.05, 3.63) is 72.6 Å². The van der Waals surface area contributed by atoms with Crippen LogP contribution in [0.4, 0.5) is 5.69 Å². The number of aromatic carboxylic acids is 1. The van der Waals surface area contributed by atoms with Crippen LogP contribution in [0, 0.1) is 0 Å². The quantitative estimate of drug-likeness (QED) is 0.515. The molecule has 0 aliphatic rings. The van der Waals surface area contributed by atoms with Gasteiger partial charge in [-0.3, -0.25) is 9.78 Å². The summed E-state index contributed by atoms with van der Waals surface area (Å²) in [5.74, 6) is -1.64. The molecule has 0 aliphatic heterocycles. The average molecular weight is 359 g/mol. The highest BCUT2D eigenvalue weighted by Gasteiger charge is 2.12. The van der Waals surface area contributed by atoms with Crippen molar-refractivity contribution >= 4 is 28.6 Å². The topological polar surface area (TPSA) is 121 Å². The zero-order chi connectivity index (χ0) is 18.8. The van der Waals surface area contributed by atoms with Crippen LogP contribution in [0.1, 0.15) is 20.8 Å². The van der Waals surface area contributed by atoms with Gasteiger partial charge in [0.25, 0.3) is 5.91 Å². The van der Waals surface area contributed by atoms with Gasteiger partial charge in [-0.15, -0.1) is 0 Å². The summed E-state index contributed by atoms with van der Waals surface area (Å²) in [5, 5.41) is 12.7. The number of carbonyl (C=O) groups excluding carboxylic acids is 1. The highest BCUT2D eigenvalue weighted by atomic mass is 16.4. The Morgan fingerprint density at radius 1 is 1.00 bits per heavy atom. The van der Waals surface area contributed by atoms with Crippen molar-refractivity contribution in [3.8, 4) is 11.1 Å². The van der Waals surface area contributed by atoms with Crippen LogP contribution in [0.25, 0.3) is 22.2 Å². The lowest BCUT2D eigenvalue weighted by Gasteiger charge is -2.07. The highest BCUT2D eigenvalue weighted by molar-refractivity contribution is 6.05. The molecule has 132 valence electrons. The number of hydrogen-bond acceptors (Lipinski definition) is 5. The van der Waals surface area contributed by atoms with Gasteiger partial charge in [0.05, 0.1) is 11.9 Å². The second kappa shape index (κ2) is 6.68. The van der Waals surface area contributed by atoms with Crippen molar-refractivity contribution < 1.29 is 14.7 Å². The number of pyridine rings is 3. The molecule has 27 heavy (non-hydrogen) atoms. The van der Waals surface area contributed by atoms with Crippen LogP contribution < -0.4 is 5.32 Å². The van der Waals surface area contributed by atoms with Gasteiger partial charge in [0.15, 0.2) is 0 Å². The van der Waals surface area contributed by atoms with Gasteiger partial charge in [-0.05, 0) is 30.3 Å². The van der Waals surface area contributed by atoms with Crippen molar-refractivity contribution in [1.29, 1.82) is 0 Å². The number of carbonyl (C=O) groups is 2. The van der Waals surface area contributed by atoms with Crippen molar-refractivity contribution in [2.75, 3.05) is 5.32 Å². The van der Waals surface area contributed by atoms with E-state index in [4.69, 9.17) is 5.11 Å². The molecular weight excluding hydrogens is 346 g/mol. The predicted molar refractivity (Wildman–Crippen MR) is 98.5 cm³/mol. The fraction of sp³-hybridized carbons (Fsp3) is 0. The van der Waals surface area contributed by atoms with Gasteiger partial charge in [0, 0.05) is 46.9 Å². The first-order chi connectivity index (χ1) is 13.1. The number of nitrogens with one attached hydrogen (secondary N) is 2. The summed E-state index contributed by atoms with van der Waals surface area (Å²) in [4.78, 5) is 38.6. The normalized spacial score (nSPS) is 10.7. The molecule has 4 aromatic heterocycles. The highest BCUT2D eigenvalue weighted by Crippen LogP contribution is 2.24. The molecule has 4 heterocycles. The number of carboxylic acids is 1. The third kappa shape index (κ3) is 3.36. The second-order valence-corrected chi connectivity index (χ2v) is 5.79. The summed E-state index contributed by atoms with van der Waals surface area (Å²) in [5.41, 5.74) is 2.94. The van der Waals surface area contributed by atoms with Crippen LogP contribution in [0.5, 0.6) is 0 Å². The molecule has 0 aliphatic carbocycles. The van der Waals surface area contributed by atoms with E-state index in [-0.39, 0.29) is 11.3 Å². The SMILES string of the molecule is O=C(Nc1cncc(-c2cnc3[nH]ccc3c2)c1)c1ccnc(C(=O)O)c1. The molecule has 0 aromatic carbocycles. The van der Waals surface area contributed by atoms with Crippen LogP contribution in [0.2, 0.25) is 0 Å². The van der Waals surface area contributed by atoms with E-state index in [0.29, 0.717) is 5.69 Å². The van der Waals surface area contributed by atoms with E-state index in [9.17, 15) is 9.59 Å². The van der Waals surface area contributed by atoms with E-state index in [2.05, 4.69) is 25.3 Å². The fourth-order valence-electron chi connectivity index (χ4n) is 2.66. The number of fused-ring (bicyclic) bond motifs is 1. The molecule has 0 fully saturated rings. The molecule has 0 atom stereocenters. The summed E-state index contributed by atoms with van der Waals surface area (Å²) >= 11 is 0. The molecule has 0 saturated carbocycles. The smallest absolute Gasteiger partial charge is 0.354 e. The van der Waals surface area contributed by atoms with Crippen molar-refractivity contribution in [3.63, 3.8) is 0 Å². The summed E-state index contributed by atoms with van der Waals surface area (Å²) < 4.78 is 0. The summed E-state index contributed by atoms with van der Waals surface area (Å²) in [7, 11) is 0. The first-order valence-electron chi connectivity index (χ1n) is 7.99. The summed E-state index contributed by atoms with van der Waals surface area (Å²) in [6.45, 7) is 0. The number of aromatic nitrogens is 4. The molecule has 0 spiro atoms. The number of H-pyrrole nitrogens is 1. The van der Waals surface area contributed by atoms with Gasteiger partial charge in [-0.2, -0.15) is 0 Å². The van der Waals surface area contributed by atoms with Gasteiger partial charge in [0.2, 0.25) is 0 Å². The Labute approximate surface area is 152 Å². The Bertz CT molecular complexity index is 1170. The molecule has 8 heteroatoms. The number of anilines is 1. The van der Waals surface area contributed by atoms with Crippen molar-refractivity contribution in [1.82, 2.24) is 19.9 Å². The Morgan fingerprint density at radius 2 is 1.85 bits per heavy atom. The predicted octanol–water partition coefficient (Wildman–Crippen LogP) is 2.97. The zero-order valence-corrected chi connectivity index (χ0v) is 13.9. The van der Waals surface area contributed by atoms with Crippen LogP contribution in [-0.4, -0.2) is 36.9 Å². The maximum Gasteiger partial charge on any atom is 0.354 e. The second-order valence-electron chi connectivity index (χ2n) is 5.79. The minimum atomic E-state index is -1.19. The van der Waals surface area contributed by atoms with Crippen LogP contribution in [0.15, 0.2) is 61.3 Å². The molecule has 8 nitrogen and oxygen atoms in total. The summed E-state index contributed by atoms with van der Waals surface area (Å²) in [6, 6.07) is 8.35. The van der Waals surface area contributed by atoms with E-state index < -0.39 is 11.9 Å². The Kier molecular flexibility index (Phi) is 4.06. The zero-order valence-electron chi connectivity index (χ0n) is 13.9. The molecule has 4 aromatic rings. The van der Waals surface area contributed by atoms with E-state index in [1.807, 2.05) is 18.3 Å². The molecule has 0 radical (unpaired) electrons. The lowest BCUT2D eigenvalue weighted by molar-refractivity contribution is 0.0690. The Balaban J connectivity index is 1.60. The number of hydrogen-bond donors (Lipinski definition) is 3. The third-order valence-corrected chi connectivity index (χ3v) is 3.97. The average Bonchev–Trinajstić information content (AvgIpc) is 3.16. The van der Waals surface area contributed by atoms with Crippen LogP contribution >= 0.6 is 0 Å². The summed E-state index contributed by atoms with van der Waals surface area (Å²) in [6.07, 6.45) is 8.02. The van der Waals surface area contributed by atoms with E-state index in [1.165, 1.54) is 24.5 Å². The van der Waals surface area contributed by atoms with E-state index >= 15 is 0 Å². The van der Waals surface area contributed by atoms with Crippen LogP contribution in [0.3, 0.4) is 0 Å².